The molecule has 1 fully saturated rings. The van der Waals surface area contributed by atoms with Crippen molar-refractivity contribution >= 4 is 5.84 Å². The van der Waals surface area contributed by atoms with E-state index >= 15 is 0 Å². The van der Waals surface area contributed by atoms with Gasteiger partial charge >= 0.3 is 0 Å². The highest BCUT2D eigenvalue weighted by molar-refractivity contribution is 5.80. The van der Waals surface area contributed by atoms with Gasteiger partial charge in [0.2, 0.25) is 0 Å². The lowest BCUT2D eigenvalue weighted by molar-refractivity contribution is 0.0973. The molecule has 0 spiro atoms. The fourth-order valence-electron chi connectivity index (χ4n) is 2.95. The van der Waals surface area contributed by atoms with Gasteiger partial charge in [-0.1, -0.05) is 49.3 Å². The number of piperidine rings is 1. The lowest BCUT2D eigenvalue weighted by Crippen LogP contribution is -2.42. The van der Waals surface area contributed by atoms with E-state index in [2.05, 4.69) is 36.0 Å². The van der Waals surface area contributed by atoms with Crippen molar-refractivity contribution in [3.05, 3.63) is 35.9 Å². The molecule has 3 unspecified atom stereocenters. The lowest BCUT2D eigenvalue weighted by atomic mass is 9.86. The number of likely N-dealkylation sites (tertiary alicyclic amines) is 1. The summed E-state index contributed by atoms with van der Waals surface area (Å²) in [6.07, 6.45) is 1.78. The van der Waals surface area contributed by atoms with Crippen LogP contribution in [0.5, 0.6) is 0 Å². The van der Waals surface area contributed by atoms with Crippen molar-refractivity contribution in [3.8, 4) is 0 Å². The monoisotopic (exact) mass is 275 g/mol. The third kappa shape index (κ3) is 3.51. The van der Waals surface area contributed by atoms with Crippen LogP contribution in [0.25, 0.3) is 0 Å². The Kier molecular flexibility index (Phi) is 5.01. The van der Waals surface area contributed by atoms with Gasteiger partial charge in [0.15, 0.2) is 0 Å². The molecule has 0 aliphatic carbocycles. The number of oxime groups is 1. The topological polar surface area (TPSA) is 61.8 Å². The molecule has 0 aromatic heterocycles. The molecule has 4 heteroatoms. The van der Waals surface area contributed by atoms with Gasteiger partial charge in [-0.2, -0.15) is 0 Å². The summed E-state index contributed by atoms with van der Waals surface area (Å²) in [6, 6.07) is 10.6. The van der Waals surface area contributed by atoms with Gasteiger partial charge in [-0.25, -0.2) is 0 Å². The molecule has 0 saturated carbocycles. The minimum Gasteiger partial charge on any atom is -0.409 e. The minimum atomic E-state index is 0.196. The molecule has 0 amide bonds. The first-order valence-corrected chi connectivity index (χ1v) is 7.37. The maximum Gasteiger partial charge on any atom is 0.141 e. The fourth-order valence-corrected chi connectivity index (χ4v) is 2.95. The molecular formula is C16H25N3O. The maximum atomic E-state index is 8.87. The van der Waals surface area contributed by atoms with Gasteiger partial charge in [0.05, 0.1) is 0 Å². The molecular weight excluding hydrogens is 250 g/mol. The predicted molar refractivity (Wildman–Crippen MR) is 81.7 cm³/mol. The summed E-state index contributed by atoms with van der Waals surface area (Å²) < 4.78 is 0. The van der Waals surface area contributed by atoms with Gasteiger partial charge in [0, 0.05) is 19.0 Å². The smallest absolute Gasteiger partial charge is 0.141 e. The van der Waals surface area contributed by atoms with Gasteiger partial charge in [0.25, 0.3) is 0 Å². The highest BCUT2D eigenvalue weighted by Gasteiger charge is 2.29. The largest absolute Gasteiger partial charge is 0.409 e. The zero-order valence-electron chi connectivity index (χ0n) is 12.4. The van der Waals surface area contributed by atoms with E-state index in [0.717, 1.165) is 19.0 Å². The third-order valence-electron chi connectivity index (χ3n) is 4.52. The summed E-state index contributed by atoms with van der Waals surface area (Å²) in [5.41, 5.74) is 6.99. The van der Waals surface area contributed by atoms with E-state index < -0.39 is 0 Å². The van der Waals surface area contributed by atoms with Crippen molar-refractivity contribution in [2.45, 2.75) is 32.7 Å². The molecule has 110 valence electrons. The third-order valence-corrected chi connectivity index (χ3v) is 4.52. The predicted octanol–water partition coefficient (Wildman–Crippen LogP) is 2.84. The number of amidine groups is 1. The molecule has 2 rings (SSSR count). The SMILES string of the molecule is CC1CCN(C(C/C(N)=N/O)c2ccccc2)CC1C. The van der Waals surface area contributed by atoms with E-state index in [1.54, 1.807) is 0 Å². The summed E-state index contributed by atoms with van der Waals surface area (Å²) in [4.78, 5) is 2.47. The van der Waals surface area contributed by atoms with Crippen LogP contribution in [-0.4, -0.2) is 29.0 Å². The molecule has 1 aliphatic heterocycles. The van der Waals surface area contributed by atoms with E-state index in [-0.39, 0.29) is 6.04 Å². The van der Waals surface area contributed by atoms with Crippen molar-refractivity contribution in [3.63, 3.8) is 0 Å². The fraction of sp³-hybridized carbons (Fsp3) is 0.562. The van der Waals surface area contributed by atoms with Gasteiger partial charge in [-0.15, -0.1) is 0 Å². The normalized spacial score (nSPS) is 26.4. The minimum absolute atomic E-state index is 0.196. The van der Waals surface area contributed by atoms with Crippen LogP contribution in [0.2, 0.25) is 0 Å². The van der Waals surface area contributed by atoms with E-state index in [4.69, 9.17) is 10.9 Å². The molecule has 1 saturated heterocycles. The first-order valence-electron chi connectivity index (χ1n) is 7.37. The average molecular weight is 275 g/mol. The molecule has 20 heavy (non-hydrogen) atoms. The Hall–Kier alpha value is -1.55. The van der Waals surface area contributed by atoms with E-state index in [9.17, 15) is 0 Å². The Bertz CT molecular complexity index is 446. The van der Waals surface area contributed by atoms with Crippen molar-refractivity contribution in [2.24, 2.45) is 22.7 Å². The van der Waals surface area contributed by atoms with Crippen molar-refractivity contribution < 1.29 is 5.21 Å². The highest BCUT2D eigenvalue weighted by Crippen LogP contribution is 2.31. The Morgan fingerprint density at radius 1 is 1.35 bits per heavy atom. The molecule has 1 aliphatic rings. The van der Waals surface area contributed by atoms with Crippen LogP contribution in [0.15, 0.2) is 35.5 Å². The van der Waals surface area contributed by atoms with Crippen LogP contribution in [0.3, 0.4) is 0 Å². The first-order chi connectivity index (χ1) is 9.61. The Labute approximate surface area is 121 Å². The number of hydrogen-bond acceptors (Lipinski definition) is 3. The summed E-state index contributed by atoms with van der Waals surface area (Å²) in [5, 5.41) is 12.0. The average Bonchev–Trinajstić information content (AvgIpc) is 2.48. The molecule has 1 aromatic carbocycles. The van der Waals surface area contributed by atoms with Gasteiger partial charge < -0.3 is 10.9 Å². The standard InChI is InChI=1S/C16H25N3O/c1-12-8-9-19(11-13(12)2)15(10-16(17)18-20)14-6-4-3-5-7-14/h3-7,12-13,15,20H,8-11H2,1-2H3,(H2,17,18). The number of nitrogens with two attached hydrogens (primary N) is 1. The Morgan fingerprint density at radius 3 is 2.65 bits per heavy atom. The molecule has 1 heterocycles. The van der Waals surface area contributed by atoms with Crippen LogP contribution < -0.4 is 5.73 Å². The van der Waals surface area contributed by atoms with Crippen molar-refractivity contribution in [2.75, 3.05) is 13.1 Å². The van der Waals surface area contributed by atoms with E-state index in [1.165, 1.54) is 12.0 Å². The van der Waals surface area contributed by atoms with Crippen LogP contribution in [-0.2, 0) is 0 Å². The molecule has 3 N–H and O–H groups in total. The van der Waals surface area contributed by atoms with Gasteiger partial charge in [-0.3, -0.25) is 4.90 Å². The zero-order valence-corrected chi connectivity index (χ0v) is 12.4. The van der Waals surface area contributed by atoms with Crippen LogP contribution in [0.4, 0.5) is 0 Å². The summed E-state index contributed by atoms with van der Waals surface area (Å²) >= 11 is 0. The van der Waals surface area contributed by atoms with Crippen LogP contribution >= 0.6 is 0 Å². The zero-order chi connectivity index (χ0) is 14.5. The highest BCUT2D eigenvalue weighted by atomic mass is 16.4. The van der Waals surface area contributed by atoms with E-state index in [1.807, 2.05) is 18.2 Å². The number of hydrogen-bond donors (Lipinski definition) is 2. The molecule has 0 radical (unpaired) electrons. The Balaban J connectivity index is 2.18. The van der Waals surface area contributed by atoms with Crippen LogP contribution in [0, 0.1) is 11.8 Å². The second-order valence-corrected chi connectivity index (χ2v) is 5.96. The Morgan fingerprint density at radius 2 is 2.05 bits per heavy atom. The molecule has 4 nitrogen and oxygen atoms in total. The molecule has 3 atom stereocenters. The van der Waals surface area contributed by atoms with Gasteiger partial charge in [-0.05, 0) is 30.4 Å². The van der Waals surface area contributed by atoms with Crippen LogP contribution in [0.1, 0.15) is 38.3 Å². The summed E-state index contributed by atoms with van der Waals surface area (Å²) in [6.45, 7) is 6.77. The number of rotatable bonds is 4. The molecule has 0 bridgehead atoms. The van der Waals surface area contributed by atoms with Crippen molar-refractivity contribution in [1.29, 1.82) is 0 Å². The van der Waals surface area contributed by atoms with Crippen molar-refractivity contribution in [1.82, 2.24) is 4.90 Å². The quantitative estimate of drug-likeness (QED) is 0.384. The van der Waals surface area contributed by atoms with Gasteiger partial charge in [0.1, 0.15) is 5.84 Å². The maximum absolute atomic E-state index is 8.87. The number of benzene rings is 1. The second kappa shape index (κ2) is 6.75. The first kappa shape index (κ1) is 14.9. The summed E-state index contributed by atoms with van der Waals surface area (Å²) in [7, 11) is 0. The molecule has 1 aromatic rings. The van der Waals surface area contributed by atoms with E-state index in [0.29, 0.717) is 18.2 Å². The second-order valence-electron chi connectivity index (χ2n) is 5.96. The summed E-state index contributed by atoms with van der Waals surface area (Å²) in [5.74, 6) is 1.75. The lowest BCUT2D eigenvalue weighted by Gasteiger charge is -2.40. The number of nitrogens with zero attached hydrogens (tertiary/aromatic N) is 2.